The van der Waals surface area contributed by atoms with E-state index in [1.165, 1.54) is 6.20 Å². The molecule has 0 unspecified atom stereocenters. The van der Waals surface area contributed by atoms with Gasteiger partial charge < -0.3 is 10.1 Å². The van der Waals surface area contributed by atoms with Crippen molar-refractivity contribution in [1.29, 1.82) is 0 Å². The second-order valence-corrected chi connectivity index (χ2v) is 10.4. The van der Waals surface area contributed by atoms with Crippen LogP contribution in [0.25, 0.3) is 28.6 Å². The first kappa shape index (κ1) is 25.0. The van der Waals surface area contributed by atoms with Crippen molar-refractivity contribution < 1.29 is 17.9 Å². The second-order valence-electron chi connectivity index (χ2n) is 8.53. The molecule has 11 nitrogen and oxygen atoms in total. The second kappa shape index (κ2) is 9.98. The van der Waals surface area contributed by atoms with Gasteiger partial charge in [0.1, 0.15) is 23.0 Å². The van der Waals surface area contributed by atoms with E-state index in [-0.39, 0.29) is 23.3 Å². The Morgan fingerprint density at radius 1 is 1.00 bits per heavy atom. The molecule has 0 aliphatic heterocycles. The highest BCUT2D eigenvalue weighted by Gasteiger charge is 2.22. The number of carbonyl (C=O) groups excluding carboxylic acids is 1. The molecule has 0 spiro atoms. The van der Waals surface area contributed by atoms with Gasteiger partial charge in [-0.05, 0) is 48.9 Å². The highest BCUT2D eigenvalue weighted by Crippen LogP contribution is 2.31. The van der Waals surface area contributed by atoms with E-state index < -0.39 is 9.84 Å². The highest BCUT2D eigenvalue weighted by molar-refractivity contribution is 7.90. The normalized spacial score (nSPS) is 11.4. The molecule has 0 radical (unpaired) electrons. The summed E-state index contributed by atoms with van der Waals surface area (Å²) in [6.45, 7) is 1.86. The summed E-state index contributed by atoms with van der Waals surface area (Å²) in [5.74, 6) is 0.999. The first-order valence-electron chi connectivity index (χ1n) is 11.5. The quantitative estimate of drug-likeness (QED) is 0.315. The molecule has 1 aromatic carbocycles. The topological polar surface area (TPSA) is 141 Å². The number of ether oxygens (including phenoxy) is 1. The van der Waals surface area contributed by atoms with Crippen LogP contribution in [0.1, 0.15) is 11.3 Å². The molecule has 12 heteroatoms. The number of imidazole rings is 1. The minimum atomic E-state index is -3.64. The summed E-state index contributed by atoms with van der Waals surface area (Å²) in [6, 6.07) is 16.0. The molecular formula is C26H23N7O4S. The van der Waals surface area contributed by atoms with Crippen molar-refractivity contribution in [2.75, 3.05) is 18.7 Å². The predicted octanol–water partition coefficient (Wildman–Crippen LogP) is 3.15. The predicted molar refractivity (Wildman–Crippen MR) is 140 cm³/mol. The third-order valence-electron chi connectivity index (χ3n) is 5.60. The highest BCUT2D eigenvalue weighted by atomic mass is 32.2. The van der Waals surface area contributed by atoms with Crippen molar-refractivity contribution in [2.45, 2.75) is 18.5 Å². The van der Waals surface area contributed by atoms with Crippen molar-refractivity contribution in [1.82, 2.24) is 29.3 Å². The Hall–Kier alpha value is -4.71. The zero-order valence-corrected chi connectivity index (χ0v) is 21.6. The Bertz CT molecular complexity index is 1780. The Morgan fingerprint density at radius 2 is 1.82 bits per heavy atom. The van der Waals surface area contributed by atoms with Gasteiger partial charge in [0.15, 0.2) is 0 Å². The molecule has 5 rings (SSSR count). The molecule has 0 saturated carbocycles. The fraction of sp³-hybridized carbons (Fsp3) is 0.154. The van der Waals surface area contributed by atoms with E-state index in [1.54, 1.807) is 42.0 Å². The summed E-state index contributed by atoms with van der Waals surface area (Å²) in [5, 5.41) is 2.50. The number of anilines is 1. The van der Waals surface area contributed by atoms with Crippen LogP contribution < -0.4 is 10.1 Å². The standard InChI is InChI=1S/C26H23N7O4S/c1-16-6-4-9-19(28-16)23-24(20-10-12-27-26(29-20)38(3,35)36)33-13-11-21(31-25(33)32-23)30-22(34)15-17-7-5-8-18(14-17)37-2/h4-14H,15H2,1-3H3,(H,30,31,32,34). The van der Waals surface area contributed by atoms with Crippen LogP contribution >= 0.6 is 0 Å². The van der Waals surface area contributed by atoms with E-state index in [0.717, 1.165) is 17.5 Å². The minimum absolute atomic E-state index is 0.136. The first-order valence-corrected chi connectivity index (χ1v) is 13.4. The zero-order chi connectivity index (χ0) is 26.9. The zero-order valence-electron chi connectivity index (χ0n) is 20.8. The maximum Gasteiger partial charge on any atom is 0.247 e. The van der Waals surface area contributed by atoms with Gasteiger partial charge in [-0.3, -0.25) is 14.2 Å². The van der Waals surface area contributed by atoms with E-state index >= 15 is 0 Å². The Morgan fingerprint density at radius 3 is 2.58 bits per heavy atom. The van der Waals surface area contributed by atoms with Crippen LogP contribution in [0.2, 0.25) is 0 Å². The molecule has 0 bridgehead atoms. The molecule has 4 aromatic heterocycles. The lowest BCUT2D eigenvalue weighted by molar-refractivity contribution is -0.115. The van der Waals surface area contributed by atoms with Gasteiger partial charge >= 0.3 is 0 Å². The van der Waals surface area contributed by atoms with Gasteiger partial charge in [-0.1, -0.05) is 18.2 Å². The third kappa shape index (κ3) is 5.20. The number of hydrogen-bond acceptors (Lipinski definition) is 9. The minimum Gasteiger partial charge on any atom is -0.497 e. The van der Waals surface area contributed by atoms with Crippen LogP contribution in [0.3, 0.4) is 0 Å². The average Bonchev–Trinajstić information content (AvgIpc) is 3.27. The maximum absolute atomic E-state index is 12.7. The summed E-state index contributed by atoms with van der Waals surface area (Å²) in [4.78, 5) is 34.7. The number of methoxy groups -OCH3 is 1. The van der Waals surface area contributed by atoms with E-state index in [1.807, 2.05) is 37.3 Å². The number of fused-ring (bicyclic) bond motifs is 1. The number of nitrogens with one attached hydrogen (secondary N) is 1. The van der Waals surface area contributed by atoms with Crippen LogP contribution in [0, 0.1) is 6.92 Å². The van der Waals surface area contributed by atoms with Crippen molar-refractivity contribution in [3.05, 3.63) is 78.2 Å². The van der Waals surface area contributed by atoms with Crippen LogP contribution in [-0.4, -0.2) is 57.0 Å². The van der Waals surface area contributed by atoms with E-state index in [0.29, 0.717) is 34.3 Å². The molecule has 4 heterocycles. The number of aromatic nitrogens is 6. The van der Waals surface area contributed by atoms with Crippen molar-refractivity contribution in [2.24, 2.45) is 0 Å². The largest absolute Gasteiger partial charge is 0.497 e. The molecule has 38 heavy (non-hydrogen) atoms. The van der Waals surface area contributed by atoms with E-state index in [2.05, 4.69) is 30.2 Å². The Labute approximate surface area is 218 Å². The Balaban J connectivity index is 1.56. The van der Waals surface area contributed by atoms with Gasteiger partial charge in [-0.15, -0.1) is 0 Å². The monoisotopic (exact) mass is 529 g/mol. The molecular weight excluding hydrogens is 506 g/mol. The number of nitrogens with zero attached hydrogens (tertiary/aromatic N) is 6. The molecule has 192 valence electrons. The molecule has 1 amide bonds. The van der Waals surface area contributed by atoms with Gasteiger partial charge in [-0.25, -0.2) is 23.4 Å². The summed E-state index contributed by atoms with van der Waals surface area (Å²) in [7, 11) is -2.07. The van der Waals surface area contributed by atoms with Crippen molar-refractivity contribution >= 4 is 27.3 Å². The fourth-order valence-electron chi connectivity index (χ4n) is 3.91. The molecule has 5 aromatic rings. The average molecular weight is 530 g/mol. The molecule has 0 fully saturated rings. The van der Waals surface area contributed by atoms with Crippen LogP contribution in [0.4, 0.5) is 5.82 Å². The number of benzene rings is 1. The van der Waals surface area contributed by atoms with Gasteiger partial charge in [-0.2, -0.15) is 4.98 Å². The summed E-state index contributed by atoms with van der Waals surface area (Å²) in [5.41, 5.74) is 3.43. The van der Waals surface area contributed by atoms with Gasteiger partial charge in [0, 0.05) is 24.3 Å². The SMILES string of the molecule is COc1cccc(CC(=O)Nc2ccn3c(-c4ccnc(S(C)(=O)=O)n4)c(-c4cccc(C)n4)nc3n2)c1. The number of amides is 1. The third-order valence-corrected chi connectivity index (χ3v) is 6.46. The van der Waals surface area contributed by atoms with Crippen molar-refractivity contribution in [3.63, 3.8) is 0 Å². The first-order chi connectivity index (χ1) is 18.2. The molecule has 0 saturated heterocycles. The lowest BCUT2D eigenvalue weighted by Crippen LogP contribution is -2.15. The van der Waals surface area contributed by atoms with Crippen molar-refractivity contribution in [3.8, 4) is 28.5 Å². The number of aryl methyl sites for hydroxylation is 1. The Kier molecular flexibility index (Phi) is 6.55. The number of rotatable bonds is 7. The van der Waals surface area contributed by atoms with Crippen LogP contribution in [-0.2, 0) is 21.1 Å². The molecule has 0 atom stereocenters. The molecule has 1 N–H and O–H groups in total. The lowest BCUT2D eigenvalue weighted by Gasteiger charge is -2.08. The number of hydrogen-bond donors (Lipinski definition) is 1. The van der Waals surface area contributed by atoms with E-state index in [9.17, 15) is 13.2 Å². The molecule has 0 aliphatic rings. The molecule has 0 aliphatic carbocycles. The number of pyridine rings is 1. The van der Waals surface area contributed by atoms with Gasteiger partial charge in [0.25, 0.3) is 0 Å². The fourth-order valence-corrected chi connectivity index (χ4v) is 4.42. The summed E-state index contributed by atoms with van der Waals surface area (Å²) in [6.07, 6.45) is 4.25. The number of sulfone groups is 1. The van der Waals surface area contributed by atoms with Crippen LogP contribution in [0.15, 0.2) is 72.1 Å². The lowest BCUT2D eigenvalue weighted by atomic mass is 10.1. The van der Waals surface area contributed by atoms with Gasteiger partial charge in [0.05, 0.1) is 24.9 Å². The number of carbonyl (C=O) groups is 1. The van der Waals surface area contributed by atoms with E-state index in [4.69, 9.17) is 4.74 Å². The maximum atomic E-state index is 12.7. The summed E-state index contributed by atoms with van der Waals surface area (Å²) >= 11 is 0. The smallest absolute Gasteiger partial charge is 0.247 e. The van der Waals surface area contributed by atoms with Crippen LogP contribution in [0.5, 0.6) is 5.75 Å². The summed E-state index contributed by atoms with van der Waals surface area (Å²) < 4.78 is 31.1. The van der Waals surface area contributed by atoms with Gasteiger partial charge in [0.2, 0.25) is 26.7 Å².